The molecular formula is C16H26N2O. The number of aliphatic hydroxyl groups excluding tert-OH is 1. The lowest BCUT2D eigenvalue weighted by Gasteiger charge is -2.34. The molecule has 2 rings (SSSR count). The summed E-state index contributed by atoms with van der Waals surface area (Å²) in [5.74, 6) is 0.503. The first kappa shape index (κ1) is 14.4. The second-order valence-electron chi connectivity index (χ2n) is 5.68. The summed E-state index contributed by atoms with van der Waals surface area (Å²) in [5.41, 5.74) is 1.28. The molecule has 0 radical (unpaired) electrons. The summed E-state index contributed by atoms with van der Waals surface area (Å²) >= 11 is 0. The van der Waals surface area contributed by atoms with Gasteiger partial charge in [-0.25, -0.2) is 0 Å². The van der Waals surface area contributed by atoms with Crippen LogP contribution in [0.25, 0.3) is 0 Å². The Hall–Kier alpha value is -1.06. The Morgan fingerprint density at radius 3 is 2.47 bits per heavy atom. The summed E-state index contributed by atoms with van der Waals surface area (Å²) in [4.78, 5) is 4.82. The van der Waals surface area contributed by atoms with E-state index in [1.807, 2.05) is 6.92 Å². The Bertz CT molecular complexity index is 358. The first-order valence-electron chi connectivity index (χ1n) is 7.33. The average molecular weight is 262 g/mol. The lowest BCUT2D eigenvalue weighted by atomic mass is 9.92. The summed E-state index contributed by atoms with van der Waals surface area (Å²) < 4.78 is 0. The van der Waals surface area contributed by atoms with Crippen LogP contribution in [0.15, 0.2) is 30.3 Å². The number of rotatable bonds is 5. The molecule has 0 aliphatic carbocycles. The fraction of sp³-hybridized carbons (Fsp3) is 0.625. The molecule has 1 aliphatic heterocycles. The summed E-state index contributed by atoms with van der Waals surface area (Å²) in [5, 5.41) is 9.60. The number of likely N-dealkylation sites (N-methyl/N-ethyl adjacent to an activating group) is 1. The number of nitrogens with zero attached hydrogens (tertiary/aromatic N) is 2. The molecule has 0 saturated carbocycles. The zero-order chi connectivity index (χ0) is 13.7. The second kappa shape index (κ2) is 6.92. The van der Waals surface area contributed by atoms with Crippen molar-refractivity contribution in [2.45, 2.75) is 25.9 Å². The summed E-state index contributed by atoms with van der Waals surface area (Å²) in [6.45, 7) is 6.33. The highest BCUT2D eigenvalue weighted by molar-refractivity contribution is 5.44. The Morgan fingerprint density at radius 1 is 1.26 bits per heavy atom. The van der Waals surface area contributed by atoms with Crippen LogP contribution in [0, 0.1) is 5.92 Å². The van der Waals surface area contributed by atoms with E-state index in [0.29, 0.717) is 5.92 Å². The molecule has 1 aromatic rings. The zero-order valence-corrected chi connectivity index (χ0v) is 12.1. The highest BCUT2D eigenvalue weighted by Gasteiger charge is 2.22. The number of likely N-dealkylation sites (tertiary alicyclic amines) is 1. The molecule has 1 fully saturated rings. The first-order valence-corrected chi connectivity index (χ1v) is 7.33. The molecule has 1 aliphatic rings. The molecule has 1 saturated heterocycles. The quantitative estimate of drug-likeness (QED) is 0.881. The lowest BCUT2D eigenvalue weighted by Crippen LogP contribution is -2.40. The molecule has 1 atom stereocenters. The van der Waals surface area contributed by atoms with Gasteiger partial charge in [-0.3, -0.25) is 0 Å². The van der Waals surface area contributed by atoms with Crippen molar-refractivity contribution in [3.8, 4) is 0 Å². The van der Waals surface area contributed by atoms with Gasteiger partial charge < -0.3 is 14.9 Å². The van der Waals surface area contributed by atoms with Crippen molar-refractivity contribution in [1.29, 1.82) is 0 Å². The minimum Gasteiger partial charge on any atom is -0.393 e. The van der Waals surface area contributed by atoms with Gasteiger partial charge in [0.1, 0.15) is 0 Å². The van der Waals surface area contributed by atoms with Crippen molar-refractivity contribution >= 4 is 5.69 Å². The molecule has 0 bridgehead atoms. The number of hydrogen-bond acceptors (Lipinski definition) is 3. The number of benzene rings is 1. The van der Waals surface area contributed by atoms with E-state index < -0.39 is 0 Å². The number of hydrogen-bond donors (Lipinski definition) is 1. The van der Waals surface area contributed by atoms with Crippen LogP contribution in [0.3, 0.4) is 0 Å². The van der Waals surface area contributed by atoms with Gasteiger partial charge in [-0.2, -0.15) is 0 Å². The van der Waals surface area contributed by atoms with E-state index in [1.165, 1.54) is 5.69 Å². The SMILES string of the molecule is C[C@@H](O)C1CCN(CCN(C)c2ccccc2)CC1. The van der Waals surface area contributed by atoms with Crippen LogP contribution in [-0.2, 0) is 0 Å². The second-order valence-corrected chi connectivity index (χ2v) is 5.68. The molecule has 0 aromatic heterocycles. The molecule has 0 unspecified atom stereocenters. The minimum atomic E-state index is -0.144. The van der Waals surface area contributed by atoms with Crippen molar-refractivity contribution in [2.24, 2.45) is 5.92 Å². The average Bonchev–Trinajstić information content (AvgIpc) is 2.46. The molecule has 0 amide bonds. The third-order valence-corrected chi connectivity index (χ3v) is 4.26. The van der Waals surface area contributed by atoms with Gasteiger partial charge in [-0.15, -0.1) is 0 Å². The maximum absolute atomic E-state index is 9.60. The summed E-state index contributed by atoms with van der Waals surface area (Å²) in [6, 6.07) is 10.5. The predicted molar refractivity (Wildman–Crippen MR) is 80.6 cm³/mol. The molecule has 0 spiro atoms. The van der Waals surface area contributed by atoms with Crippen LogP contribution in [0.2, 0.25) is 0 Å². The van der Waals surface area contributed by atoms with Crippen LogP contribution >= 0.6 is 0 Å². The fourth-order valence-electron chi connectivity index (χ4n) is 2.76. The van der Waals surface area contributed by atoms with Gasteiger partial charge in [-0.05, 0) is 50.9 Å². The highest BCUT2D eigenvalue weighted by Crippen LogP contribution is 2.20. The van der Waals surface area contributed by atoms with E-state index in [1.54, 1.807) is 0 Å². The molecule has 106 valence electrons. The number of aliphatic hydroxyl groups is 1. The van der Waals surface area contributed by atoms with E-state index in [0.717, 1.165) is 39.0 Å². The Morgan fingerprint density at radius 2 is 1.89 bits per heavy atom. The molecule has 1 N–H and O–H groups in total. The van der Waals surface area contributed by atoms with Gasteiger partial charge in [0.2, 0.25) is 0 Å². The molecule has 3 heteroatoms. The van der Waals surface area contributed by atoms with Gasteiger partial charge in [0.25, 0.3) is 0 Å². The minimum absolute atomic E-state index is 0.144. The van der Waals surface area contributed by atoms with Crippen molar-refractivity contribution in [2.75, 3.05) is 38.1 Å². The van der Waals surface area contributed by atoms with Gasteiger partial charge in [0.05, 0.1) is 6.10 Å². The van der Waals surface area contributed by atoms with E-state index in [2.05, 4.69) is 47.2 Å². The topological polar surface area (TPSA) is 26.7 Å². The van der Waals surface area contributed by atoms with Crippen LogP contribution in [0.4, 0.5) is 5.69 Å². The van der Waals surface area contributed by atoms with Crippen LogP contribution in [-0.4, -0.2) is 49.3 Å². The predicted octanol–water partition coefficient (Wildman–Crippen LogP) is 2.22. The van der Waals surface area contributed by atoms with Crippen molar-refractivity contribution in [3.63, 3.8) is 0 Å². The van der Waals surface area contributed by atoms with E-state index in [9.17, 15) is 5.11 Å². The molecular weight excluding hydrogens is 236 g/mol. The van der Waals surface area contributed by atoms with Crippen molar-refractivity contribution in [1.82, 2.24) is 4.90 Å². The van der Waals surface area contributed by atoms with E-state index in [4.69, 9.17) is 0 Å². The van der Waals surface area contributed by atoms with E-state index >= 15 is 0 Å². The van der Waals surface area contributed by atoms with E-state index in [-0.39, 0.29) is 6.10 Å². The number of anilines is 1. The summed E-state index contributed by atoms with van der Waals surface area (Å²) in [6.07, 6.45) is 2.12. The Kier molecular flexibility index (Phi) is 5.23. The smallest absolute Gasteiger partial charge is 0.0541 e. The zero-order valence-electron chi connectivity index (χ0n) is 12.1. The first-order chi connectivity index (χ1) is 9.16. The van der Waals surface area contributed by atoms with Crippen molar-refractivity contribution < 1.29 is 5.11 Å². The lowest BCUT2D eigenvalue weighted by molar-refractivity contribution is 0.0728. The van der Waals surface area contributed by atoms with Gasteiger partial charge in [0.15, 0.2) is 0 Å². The van der Waals surface area contributed by atoms with Crippen LogP contribution in [0.1, 0.15) is 19.8 Å². The van der Waals surface area contributed by atoms with Gasteiger partial charge in [0, 0.05) is 25.8 Å². The Balaban J connectivity index is 1.72. The monoisotopic (exact) mass is 262 g/mol. The summed E-state index contributed by atoms with van der Waals surface area (Å²) in [7, 11) is 2.15. The maximum atomic E-state index is 9.60. The van der Waals surface area contributed by atoms with Crippen molar-refractivity contribution in [3.05, 3.63) is 30.3 Å². The molecule has 19 heavy (non-hydrogen) atoms. The third-order valence-electron chi connectivity index (χ3n) is 4.26. The Labute approximate surface area is 116 Å². The standard InChI is InChI=1S/C16H26N2O/c1-14(19)15-8-10-18(11-9-15)13-12-17(2)16-6-4-3-5-7-16/h3-7,14-15,19H,8-13H2,1-2H3/t14-/m1/s1. The maximum Gasteiger partial charge on any atom is 0.0541 e. The fourth-order valence-corrected chi connectivity index (χ4v) is 2.76. The van der Waals surface area contributed by atoms with Crippen LogP contribution < -0.4 is 4.90 Å². The van der Waals surface area contributed by atoms with Gasteiger partial charge in [-0.1, -0.05) is 18.2 Å². The normalized spacial score (nSPS) is 19.3. The third kappa shape index (κ3) is 4.22. The number of para-hydroxylation sites is 1. The van der Waals surface area contributed by atoms with Crippen LogP contribution in [0.5, 0.6) is 0 Å². The molecule has 1 aromatic carbocycles. The molecule has 3 nitrogen and oxygen atoms in total. The number of piperidine rings is 1. The highest BCUT2D eigenvalue weighted by atomic mass is 16.3. The largest absolute Gasteiger partial charge is 0.393 e. The van der Waals surface area contributed by atoms with Gasteiger partial charge >= 0.3 is 0 Å². The molecule has 1 heterocycles.